The number of aryl methyl sites for hydroxylation is 1. The van der Waals surface area contributed by atoms with Crippen molar-refractivity contribution in [3.63, 3.8) is 0 Å². The SMILES string of the molecule is CCCc1cc(-c2nnc(SCC(=O)Nc3sc4c(c3C#N)CCC(C)C4)n2C)cs1. The molecule has 0 fully saturated rings. The molecule has 3 aromatic rings. The van der Waals surface area contributed by atoms with Gasteiger partial charge in [-0.2, -0.15) is 5.26 Å². The lowest BCUT2D eigenvalue weighted by atomic mass is 9.89. The number of nitrogens with one attached hydrogen (secondary N) is 1. The maximum Gasteiger partial charge on any atom is 0.235 e. The molecule has 3 heterocycles. The predicted octanol–water partition coefficient (Wildman–Crippen LogP) is 5.28. The lowest BCUT2D eigenvalue weighted by molar-refractivity contribution is -0.113. The molecule has 1 aliphatic rings. The van der Waals surface area contributed by atoms with Gasteiger partial charge in [-0.25, -0.2) is 0 Å². The third-order valence-electron chi connectivity index (χ3n) is 5.45. The van der Waals surface area contributed by atoms with E-state index in [-0.39, 0.29) is 11.7 Å². The summed E-state index contributed by atoms with van der Waals surface area (Å²) in [5, 5.41) is 24.7. The van der Waals surface area contributed by atoms with Crippen molar-refractivity contribution in [3.8, 4) is 17.5 Å². The van der Waals surface area contributed by atoms with Crippen LogP contribution in [0.4, 0.5) is 5.00 Å². The van der Waals surface area contributed by atoms with Gasteiger partial charge in [0.15, 0.2) is 11.0 Å². The van der Waals surface area contributed by atoms with E-state index in [1.54, 1.807) is 22.7 Å². The standard InChI is InChI=1S/C22H25N5OS3/c1-4-5-15-9-14(11-29-15)20-25-26-22(27(20)3)30-12-19(28)24-21-17(10-23)16-7-6-13(2)8-18(16)31-21/h9,11,13H,4-8,12H2,1-3H3,(H,24,28). The fourth-order valence-corrected chi connectivity index (χ4v) is 6.87. The molecular weight excluding hydrogens is 446 g/mol. The van der Waals surface area contributed by atoms with E-state index in [2.05, 4.69) is 46.9 Å². The number of aromatic nitrogens is 3. The molecule has 1 atom stereocenters. The van der Waals surface area contributed by atoms with Gasteiger partial charge in [0.1, 0.15) is 11.1 Å². The van der Waals surface area contributed by atoms with Gasteiger partial charge in [-0.3, -0.25) is 4.79 Å². The molecule has 0 spiro atoms. The van der Waals surface area contributed by atoms with Crippen molar-refractivity contribution >= 4 is 45.3 Å². The molecule has 0 aromatic carbocycles. The summed E-state index contributed by atoms with van der Waals surface area (Å²) in [4.78, 5) is 15.2. The molecule has 1 amide bonds. The monoisotopic (exact) mass is 471 g/mol. The molecule has 31 heavy (non-hydrogen) atoms. The average Bonchev–Trinajstić information content (AvgIpc) is 3.43. The Bertz CT molecular complexity index is 1140. The van der Waals surface area contributed by atoms with Gasteiger partial charge in [0.05, 0.1) is 11.3 Å². The predicted molar refractivity (Wildman–Crippen MR) is 128 cm³/mol. The molecule has 4 rings (SSSR count). The van der Waals surface area contributed by atoms with Crippen LogP contribution in [0.25, 0.3) is 11.4 Å². The molecule has 0 radical (unpaired) electrons. The van der Waals surface area contributed by atoms with Crippen LogP contribution in [0.1, 0.15) is 47.6 Å². The Morgan fingerprint density at radius 2 is 2.29 bits per heavy atom. The number of fused-ring (bicyclic) bond motifs is 1. The first-order valence-corrected chi connectivity index (χ1v) is 13.1. The molecule has 1 aliphatic carbocycles. The van der Waals surface area contributed by atoms with Crippen LogP contribution in [0.2, 0.25) is 0 Å². The summed E-state index contributed by atoms with van der Waals surface area (Å²) >= 11 is 4.66. The molecular formula is C22H25N5OS3. The molecule has 0 aliphatic heterocycles. The first-order valence-electron chi connectivity index (χ1n) is 10.4. The number of anilines is 1. The summed E-state index contributed by atoms with van der Waals surface area (Å²) in [6.07, 6.45) is 5.20. The summed E-state index contributed by atoms with van der Waals surface area (Å²) in [6.45, 7) is 4.41. The molecule has 0 saturated heterocycles. The number of hydrogen-bond donors (Lipinski definition) is 1. The second-order valence-corrected chi connectivity index (χ2v) is 11.0. The van der Waals surface area contributed by atoms with Gasteiger partial charge in [-0.05, 0) is 43.2 Å². The third-order valence-corrected chi connectivity index (χ3v) is 8.64. The number of carbonyl (C=O) groups is 1. The summed E-state index contributed by atoms with van der Waals surface area (Å²) in [6, 6.07) is 4.47. The number of nitrogens with zero attached hydrogens (tertiary/aromatic N) is 4. The second kappa shape index (κ2) is 9.55. The summed E-state index contributed by atoms with van der Waals surface area (Å²) in [5.41, 5.74) is 2.84. The van der Waals surface area contributed by atoms with Crippen molar-refractivity contribution in [2.75, 3.05) is 11.1 Å². The zero-order valence-electron chi connectivity index (χ0n) is 17.9. The first-order chi connectivity index (χ1) is 15.0. The smallest absolute Gasteiger partial charge is 0.235 e. The van der Waals surface area contributed by atoms with Crippen LogP contribution in [0.5, 0.6) is 0 Å². The third kappa shape index (κ3) is 4.71. The molecule has 0 bridgehead atoms. The van der Waals surface area contributed by atoms with Crippen molar-refractivity contribution in [3.05, 3.63) is 32.3 Å². The highest BCUT2D eigenvalue weighted by Crippen LogP contribution is 2.39. The minimum absolute atomic E-state index is 0.126. The van der Waals surface area contributed by atoms with E-state index < -0.39 is 0 Å². The highest BCUT2D eigenvalue weighted by Gasteiger charge is 2.25. The van der Waals surface area contributed by atoms with E-state index in [1.807, 2.05) is 11.6 Å². The second-order valence-electron chi connectivity index (χ2n) is 7.92. The zero-order chi connectivity index (χ0) is 22.0. The highest BCUT2D eigenvalue weighted by atomic mass is 32.2. The maximum atomic E-state index is 12.6. The van der Waals surface area contributed by atoms with Crippen molar-refractivity contribution in [2.24, 2.45) is 13.0 Å². The largest absolute Gasteiger partial charge is 0.316 e. The van der Waals surface area contributed by atoms with Crippen LogP contribution in [-0.4, -0.2) is 26.4 Å². The van der Waals surface area contributed by atoms with Crippen LogP contribution in [0.15, 0.2) is 16.6 Å². The van der Waals surface area contributed by atoms with Crippen molar-refractivity contribution in [2.45, 2.75) is 51.1 Å². The Labute approximate surface area is 194 Å². The van der Waals surface area contributed by atoms with E-state index in [9.17, 15) is 10.1 Å². The zero-order valence-corrected chi connectivity index (χ0v) is 20.3. The fraction of sp³-hybridized carbons (Fsp3) is 0.455. The van der Waals surface area contributed by atoms with Crippen LogP contribution >= 0.6 is 34.4 Å². The summed E-state index contributed by atoms with van der Waals surface area (Å²) < 4.78 is 1.93. The van der Waals surface area contributed by atoms with Crippen LogP contribution in [0, 0.1) is 17.2 Å². The Hall–Kier alpha value is -2.15. The van der Waals surface area contributed by atoms with Gasteiger partial charge in [0.2, 0.25) is 5.91 Å². The van der Waals surface area contributed by atoms with Gasteiger partial charge in [-0.15, -0.1) is 32.9 Å². The minimum atomic E-state index is -0.126. The number of thiophene rings is 2. The highest BCUT2D eigenvalue weighted by molar-refractivity contribution is 7.99. The van der Waals surface area contributed by atoms with Crippen molar-refractivity contribution in [1.29, 1.82) is 5.26 Å². The van der Waals surface area contributed by atoms with E-state index in [0.717, 1.165) is 49.1 Å². The van der Waals surface area contributed by atoms with Crippen LogP contribution < -0.4 is 5.32 Å². The Morgan fingerprint density at radius 3 is 3.06 bits per heavy atom. The molecule has 9 heteroatoms. The van der Waals surface area contributed by atoms with Crippen molar-refractivity contribution in [1.82, 2.24) is 14.8 Å². The lowest BCUT2D eigenvalue weighted by Gasteiger charge is -2.17. The molecule has 162 valence electrons. The lowest BCUT2D eigenvalue weighted by Crippen LogP contribution is -2.14. The van der Waals surface area contributed by atoms with Gasteiger partial charge in [0, 0.05) is 27.7 Å². The minimum Gasteiger partial charge on any atom is -0.316 e. The average molecular weight is 472 g/mol. The summed E-state index contributed by atoms with van der Waals surface area (Å²) in [5.74, 6) is 1.54. The van der Waals surface area contributed by atoms with Crippen LogP contribution in [-0.2, 0) is 31.1 Å². The first kappa shape index (κ1) is 22.1. The number of rotatable bonds is 7. The maximum absolute atomic E-state index is 12.6. The fourth-order valence-electron chi connectivity index (χ4n) is 3.82. The molecule has 3 aromatic heterocycles. The van der Waals surface area contributed by atoms with E-state index in [4.69, 9.17) is 0 Å². The number of amides is 1. The van der Waals surface area contributed by atoms with Gasteiger partial charge < -0.3 is 9.88 Å². The molecule has 1 N–H and O–H groups in total. The molecule has 1 unspecified atom stereocenters. The van der Waals surface area contributed by atoms with Gasteiger partial charge in [0.25, 0.3) is 0 Å². The topological polar surface area (TPSA) is 83.6 Å². The number of hydrogen-bond acceptors (Lipinski definition) is 7. The van der Waals surface area contributed by atoms with Crippen molar-refractivity contribution < 1.29 is 4.79 Å². The number of carbonyl (C=O) groups excluding carboxylic acids is 1. The van der Waals surface area contributed by atoms with E-state index in [1.165, 1.54) is 21.5 Å². The molecule has 0 saturated carbocycles. The van der Waals surface area contributed by atoms with Crippen LogP contribution in [0.3, 0.4) is 0 Å². The van der Waals surface area contributed by atoms with E-state index >= 15 is 0 Å². The number of thioether (sulfide) groups is 1. The Morgan fingerprint density at radius 1 is 1.45 bits per heavy atom. The number of nitriles is 1. The Kier molecular flexibility index (Phi) is 6.80. The Balaban J connectivity index is 1.41. The van der Waals surface area contributed by atoms with Gasteiger partial charge >= 0.3 is 0 Å². The normalized spacial score (nSPS) is 15.5. The van der Waals surface area contributed by atoms with E-state index in [0.29, 0.717) is 21.6 Å². The summed E-state index contributed by atoms with van der Waals surface area (Å²) in [7, 11) is 1.93. The van der Waals surface area contributed by atoms with Gasteiger partial charge in [-0.1, -0.05) is 32.0 Å². The quantitative estimate of drug-likeness (QED) is 0.474. The molecule has 6 nitrogen and oxygen atoms in total.